The highest BCUT2D eigenvalue weighted by molar-refractivity contribution is 6.70. The van der Waals surface area contributed by atoms with E-state index in [4.69, 9.17) is 4.74 Å². The van der Waals surface area contributed by atoms with Crippen LogP contribution in [-0.4, -0.2) is 6.71 Å². The van der Waals surface area contributed by atoms with Gasteiger partial charge in [-0.15, -0.1) is 0 Å². The lowest BCUT2D eigenvalue weighted by molar-refractivity contribution is 0.477. The summed E-state index contributed by atoms with van der Waals surface area (Å²) in [6, 6.07) is 34.0. The normalized spacial score (nSPS) is 12.0. The second kappa shape index (κ2) is 7.18. The lowest BCUT2D eigenvalue weighted by Crippen LogP contribution is -2.21. The first kappa shape index (κ1) is 17.6. The second-order valence-electron chi connectivity index (χ2n) is 7.70. The maximum Gasteiger partial charge on any atom is 0.169 e. The Morgan fingerprint density at radius 1 is 0.586 bits per heavy atom. The highest BCUT2D eigenvalue weighted by Gasteiger charge is 2.24. The number of benzene rings is 4. The molecular weight excluding hydrogens is 353 g/mol. The van der Waals surface area contributed by atoms with Gasteiger partial charge in [0.15, 0.2) is 18.2 Å². The fraction of sp³-hybridized carbons (Fsp3) is 0.0769. The summed E-state index contributed by atoms with van der Waals surface area (Å²) in [6.07, 6.45) is 0. The van der Waals surface area contributed by atoms with Gasteiger partial charge in [-0.3, -0.25) is 0 Å². The van der Waals surface area contributed by atoms with Crippen molar-refractivity contribution in [2.75, 3.05) is 4.90 Å². The zero-order valence-electron chi connectivity index (χ0n) is 16.7. The third kappa shape index (κ3) is 3.19. The molecule has 3 heteroatoms. The standard InChI is InChI=1S/C26H22BNO/c1-27(2)21-15-11-19(12-16-21)20-13-17-22(18-14-20)28-23-7-3-5-9-25(23)29-26-10-6-4-8-24(26)28/h3-18H,1-2H3. The van der Waals surface area contributed by atoms with Gasteiger partial charge in [0.25, 0.3) is 0 Å². The fourth-order valence-corrected chi connectivity index (χ4v) is 3.85. The molecule has 4 aromatic carbocycles. The molecule has 0 bridgehead atoms. The quantitative estimate of drug-likeness (QED) is 0.318. The Morgan fingerprint density at radius 2 is 1.07 bits per heavy atom. The van der Waals surface area contributed by atoms with Crippen molar-refractivity contribution < 1.29 is 4.74 Å². The molecular formula is C26H22BNO. The molecule has 0 aliphatic carbocycles. The van der Waals surface area contributed by atoms with Crippen LogP contribution in [0, 0.1) is 0 Å². The first-order valence-corrected chi connectivity index (χ1v) is 10.1. The molecule has 0 atom stereocenters. The third-order valence-corrected chi connectivity index (χ3v) is 5.47. The highest BCUT2D eigenvalue weighted by Crippen LogP contribution is 2.50. The first-order valence-electron chi connectivity index (χ1n) is 10.1. The van der Waals surface area contributed by atoms with E-state index in [1.54, 1.807) is 0 Å². The van der Waals surface area contributed by atoms with Crippen LogP contribution < -0.4 is 15.1 Å². The van der Waals surface area contributed by atoms with Crippen LogP contribution in [0.3, 0.4) is 0 Å². The van der Waals surface area contributed by atoms with Crippen molar-refractivity contribution in [3.63, 3.8) is 0 Å². The van der Waals surface area contributed by atoms with E-state index >= 15 is 0 Å². The largest absolute Gasteiger partial charge is 0.453 e. The van der Waals surface area contributed by atoms with Crippen molar-refractivity contribution in [3.8, 4) is 22.6 Å². The summed E-state index contributed by atoms with van der Waals surface area (Å²) in [5, 5.41) is 0. The molecule has 2 nitrogen and oxygen atoms in total. The molecule has 1 heterocycles. The first-order chi connectivity index (χ1) is 14.2. The summed E-state index contributed by atoms with van der Waals surface area (Å²) in [7, 11) is 0. The van der Waals surface area contributed by atoms with Gasteiger partial charge in [-0.2, -0.15) is 0 Å². The number of hydrogen-bond acceptors (Lipinski definition) is 2. The number of anilines is 3. The Bertz CT molecular complexity index is 1100. The van der Waals surface area contributed by atoms with Gasteiger partial charge in [-0.1, -0.05) is 79.8 Å². The molecule has 0 radical (unpaired) electrons. The number of para-hydroxylation sites is 4. The molecule has 1 aliphatic rings. The highest BCUT2D eigenvalue weighted by atomic mass is 16.5. The van der Waals surface area contributed by atoms with E-state index in [0.717, 1.165) is 28.6 Å². The van der Waals surface area contributed by atoms with E-state index in [0.29, 0.717) is 6.71 Å². The average Bonchev–Trinajstić information content (AvgIpc) is 2.77. The van der Waals surface area contributed by atoms with Gasteiger partial charge >= 0.3 is 0 Å². The lowest BCUT2D eigenvalue weighted by atomic mass is 9.49. The van der Waals surface area contributed by atoms with Gasteiger partial charge in [-0.25, -0.2) is 0 Å². The van der Waals surface area contributed by atoms with Crippen LogP contribution in [0.25, 0.3) is 11.1 Å². The van der Waals surface area contributed by atoms with E-state index in [1.807, 2.05) is 36.4 Å². The Morgan fingerprint density at radius 3 is 1.59 bits per heavy atom. The topological polar surface area (TPSA) is 12.5 Å². The molecule has 0 unspecified atom stereocenters. The minimum atomic E-state index is 0.549. The zero-order valence-corrected chi connectivity index (χ0v) is 16.7. The van der Waals surface area contributed by atoms with Crippen molar-refractivity contribution in [2.24, 2.45) is 0 Å². The molecule has 0 saturated carbocycles. The van der Waals surface area contributed by atoms with Gasteiger partial charge in [-0.05, 0) is 47.5 Å². The average molecular weight is 375 g/mol. The maximum atomic E-state index is 6.11. The number of ether oxygens (including phenoxy) is 1. The number of rotatable bonds is 3. The minimum Gasteiger partial charge on any atom is -0.453 e. The summed E-state index contributed by atoms with van der Waals surface area (Å²) in [5.41, 5.74) is 7.06. The van der Waals surface area contributed by atoms with Crippen molar-refractivity contribution in [1.82, 2.24) is 0 Å². The van der Waals surface area contributed by atoms with Crippen molar-refractivity contribution >= 4 is 29.2 Å². The minimum absolute atomic E-state index is 0.549. The molecule has 0 amide bonds. The monoisotopic (exact) mass is 375 g/mol. The fourth-order valence-electron chi connectivity index (χ4n) is 3.85. The van der Waals surface area contributed by atoms with Crippen molar-refractivity contribution in [1.29, 1.82) is 0 Å². The van der Waals surface area contributed by atoms with E-state index < -0.39 is 0 Å². The van der Waals surface area contributed by atoms with E-state index in [1.165, 1.54) is 16.6 Å². The van der Waals surface area contributed by atoms with E-state index in [2.05, 4.69) is 79.2 Å². The molecule has 0 fully saturated rings. The Balaban J connectivity index is 1.54. The predicted octanol–water partition coefficient (Wildman–Crippen LogP) is 6.89. The van der Waals surface area contributed by atoms with Crippen LogP contribution in [0.4, 0.5) is 17.1 Å². The van der Waals surface area contributed by atoms with E-state index in [-0.39, 0.29) is 0 Å². The summed E-state index contributed by atoms with van der Waals surface area (Å²) < 4.78 is 6.11. The summed E-state index contributed by atoms with van der Waals surface area (Å²) in [4.78, 5) is 2.26. The van der Waals surface area contributed by atoms with Crippen molar-refractivity contribution in [2.45, 2.75) is 13.6 Å². The molecule has 29 heavy (non-hydrogen) atoms. The van der Waals surface area contributed by atoms with Gasteiger partial charge in [0.1, 0.15) is 0 Å². The van der Waals surface area contributed by atoms with Crippen LogP contribution in [-0.2, 0) is 0 Å². The summed E-state index contributed by atoms with van der Waals surface area (Å²) in [5.74, 6) is 1.75. The Kier molecular flexibility index (Phi) is 4.36. The third-order valence-electron chi connectivity index (χ3n) is 5.47. The van der Waals surface area contributed by atoms with Gasteiger partial charge in [0, 0.05) is 5.69 Å². The molecule has 0 N–H and O–H groups in total. The predicted molar refractivity (Wildman–Crippen MR) is 124 cm³/mol. The van der Waals surface area contributed by atoms with Crippen LogP contribution in [0.15, 0.2) is 97.1 Å². The molecule has 0 spiro atoms. The van der Waals surface area contributed by atoms with Crippen LogP contribution in [0.5, 0.6) is 11.5 Å². The number of nitrogens with zero attached hydrogens (tertiary/aromatic N) is 1. The summed E-state index contributed by atoms with van der Waals surface area (Å²) >= 11 is 0. The smallest absolute Gasteiger partial charge is 0.169 e. The zero-order chi connectivity index (χ0) is 19.8. The van der Waals surface area contributed by atoms with Crippen molar-refractivity contribution in [3.05, 3.63) is 97.1 Å². The SMILES string of the molecule is CB(C)c1ccc(-c2ccc(N3c4ccccc4Oc4ccccc43)cc2)cc1. The molecule has 0 saturated heterocycles. The molecule has 4 aromatic rings. The number of fused-ring (bicyclic) bond motifs is 2. The summed E-state index contributed by atoms with van der Waals surface area (Å²) in [6.45, 7) is 5.00. The molecule has 5 rings (SSSR count). The van der Waals surface area contributed by atoms with Gasteiger partial charge in [0.05, 0.1) is 11.4 Å². The molecule has 0 aromatic heterocycles. The van der Waals surface area contributed by atoms with Crippen LogP contribution in [0.2, 0.25) is 13.6 Å². The Labute approximate surface area is 172 Å². The van der Waals surface area contributed by atoms with E-state index in [9.17, 15) is 0 Å². The molecule has 140 valence electrons. The number of hydrogen-bond donors (Lipinski definition) is 0. The molecule has 1 aliphatic heterocycles. The van der Waals surface area contributed by atoms with Gasteiger partial charge in [0.2, 0.25) is 0 Å². The maximum absolute atomic E-state index is 6.11. The van der Waals surface area contributed by atoms with Crippen LogP contribution >= 0.6 is 0 Å². The van der Waals surface area contributed by atoms with Gasteiger partial charge < -0.3 is 9.64 Å². The lowest BCUT2D eigenvalue weighted by Gasteiger charge is -2.32. The Hall–Kier alpha value is -3.46. The second-order valence-corrected chi connectivity index (χ2v) is 7.70. The van der Waals surface area contributed by atoms with Crippen LogP contribution in [0.1, 0.15) is 0 Å².